The van der Waals surface area contributed by atoms with E-state index in [0.29, 0.717) is 22.8 Å². The Morgan fingerprint density at radius 1 is 1.48 bits per heavy atom. The summed E-state index contributed by atoms with van der Waals surface area (Å²) in [5, 5.41) is 11.9. The normalized spacial score (nSPS) is 10.0. The molecule has 108 valence electrons. The van der Waals surface area contributed by atoms with Crippen LogP contribution in [-0.4, -0.2) is 13.1 Å². The van der Waals surface area contributed by atoms with Gasteiger partial charge in [-0.25, -0.2) is 9.18 Å². The summed E-state index contributed by atoms with van der Waals surface area (Å²) in [7, 11) is 1.30. The molecule has 2 rings (SSSR count). The van der Waals surface area contributed by atoms with Crippen LogP contribution >= 0.6 is 0 Å². The molecule has 0 fully saturated rings. The molecule has 0 saturated heterocycles. The van der Waals surface area contributed by atoms with Crippen LogP contribution in [0.1, 0.15) is 27.4 Å². The molecular formula is C15H13FN2O3. The van der Waals surface area contributed by atoms with Gasteiger partial charge in [0.1, 0.15) is 29.0 Å². The standard InChI is InChI=1S/C15H13FN2O3/c1-9-13(15(19)20-2)6-12(21-9)8-18-14-4-3-11(16)5-10(14)7-17/h3-6,18H,8H2,1-2H3. The third kappa shape index (κ3) is 3.20. The van der Waals surface area contributed by atoms with Crippen molar-refractivity contribution in [2.45, 2.75) is 13.5 Å². The largest absolute Gasteiger partial charge is 0.465 e. The second-order valence-electron chi connectivity index (χ2n) is 4.33. The number of ether oxygens (including phenoxy) is 1. The maximum Gasteiger partial charge on any atom is 0.341 e. The summed E-state index contributed by atoms with van der Waals surface area (Å²) in [4.78, 5) is 11.5. The van der Waals surface area contributed by atoms with Crippen molar-refractivity contribution in [2.75, 3.05) is 12.4 Å². The first-order valence-corrected chi connectivity index (χ1v) is 6.16. The van der Waals surface area contributed by atoms with Crippen LogP contribution in [0.2, 0.25) is 0 Å². The average molecular weight is 288 g/mol. The van der Waals surface area contributed by atoms with Crippen molar-refractivity contribution >= 4 is 11.7 Å². The van der Waals surface area contributed by atoms with Crippen LogP contribution in [-0.2, 0) is 11.3 Å². The van der Waals surface area contributed by atoms with E-state index in [0.717, 1.165) is 6.07 Å². The number of benzene rings is 1. The number of anilines is 1. The molecule has 1 aromatic carbocycles. The van der Waals surface area contributed by atoms with Crippen molar-refractivity contribution in [1.82, 2.24) is 0 Å². The average Bonchev–Trinajstić information content (AvgIpc) is 2.86. The van der Waals surface area contributed by atoms with Crippen molar-refractivity contribution in [3.05, 3.63) is 52.7 Å². The van der Waals surface area contributed by atoms with Crippen molar-refractivity contribution < 1.29 is 18.3 Å². The molecule has 0 atom stereocenters. The number of hydrogen-bond donors (Lipinski definition) is 1. The summed E-state index contributed by atoms with van der Waals surface area (Å²) >= 11 is 0. The van der Waals surface area contributed by atoms with Gasteiger partial charge in [-0.1, -0.05) is 0 Å². The highest BCUT2D eigenvalue weighted by Crippen LogP contribution is 2.20. The van der Waals surface area contributed by atoms with E-state index in [1.54, 1.807) is 13.0 Å². The number of furan rings is 1. The van der Waals surface area contributed by atoms with E-state index in [1.807, 2.05) is 6.07 Å². The minimum Gasteiger partial charge on any atom is -0.465 e. The predicted molar refractivity (Wildman–Crippen MR) is 73.2 cm³/mol. The van der Waals surface area contributed by atoms with Crippen molar-refractivity contribution in [1.29, 1.82) is 5.26 Å². The Kier molecular flexibility index (Phi) is 4.24. The molecule has 0 aliphatic carbocycles. The molecule has 6 heteroatoms. The zero-order chi connectivity index (χ0) is 15.4. The van der Waals surface area contributed by atoms with E-state index in [-0.39, 0.29) is 12.1 Å². The Bertz CT molecular complexity index is 716. The van der Waals surface area contributed by atoms with Gasteiger partial charge >= 0.3 is 5.97 Å². The molecule has 5 nitrogen and oxygen atoms in total. The number of hydrogen-bond acceptors (Lipinski definition) is 5. The minimum absolute atomic E-state index is 0.200. The van der Waals surface area contributed by atoms with E-state index in [1.165, 1.54) is 19.2 Å². The number of aryl methyl sites for hydroxylation is 1. The van der Waals surface area contributed by atoms with Crippen LogP contribution in [0.25, 0.3) is 0 Å². The highest BCUT2D eigenvalue weighted by atomic mass is 19.1. The fourth-order valence-electron chi connectivity index (χ4n) is 1.89. The van der Waals surface area contributed by atoms with Crippen molar-refractivity contribution in [3.8, 4) is 6.07 Å². The van der Waals surface area contributed by atoms with Crippen molar-refractivity contribution in [2.24, 2.45) is 0 Å². The number of nitrogens with one attached hydrogen (secondary N) is 1. The van der Waals surface area contributed by atoms with Gasteiger partial charge < -0.3 is 14.5 Å². The molecule has 1 heterocycles. The van der Waals surface area contributed by atoms with E-state index in [2.05, 4.69) is 10.1 Å². The van der Waals surface area contributed by atoms with Crippen molar-refractivity contribution in [3.63, 3.8) is 0 Å². The molecule has 0 amide bonds. The van der Waals surface area contributed by atoms with E-state index in [4.69, 9.17) is 9.68 Å². The molecule has 0 radical (unpaired) electrons. The lowest BCUT2D eigenvalue weighted by Crippen LogP contribution is -2.02. The van der Waals surface area contributed by atoms with E-state index in [9.17, 15) is 9.18 Å². The third-order valence-electron chi connectivity index (χ3n) is 2.93. The second kappa shape index (κ2) is 6.09. The molecule has 0 aliphatic heterocycles. The Balaban J connectivity index is 2.14. The molecule has 2 aromatic rings. The Morgan fingerprint density at radius 3 is 2.90 bits per heavy atom. The lowest BCUT2D eigenvalue weighted by Gasteiger charge is -2.06. The van der Waals surface area contributed by atoms with E-state index >= 15 is 0 Å². The Morgan fingerprint density at radius 2 is 2.24 bits per heavy atom. The molecule has 1 N–H and O–H groups in total. The van der Waals surface area contributed by atoms with Gasteiger partial charge in [-0.3, -0.25) is 0 Å². The third-order valence-corrected chi connectivity index (χ3v) is 2.93. The predicted octanol–water partition coefficient (Wildman–Crippen LogP) is 3.00. The fourth-order valence-corrected chi connectivity index (χ4v) is 1.89. The zero-order valence-electron chi connectivity index (χ0n) is 11.6. The second-order valence-corrected chi connectivity index (χ2v) is 4.33. The van der Waals surface area contributed by atoms with Gasteiger partial charge in [0.25, 0.3) is 0 Å². The monoisotopic (exact) mass is 288 g/mol. The van der Waals surface area contributed by atoms with Crippen LogP contribution in [0.5, 0.6) is 0 Å². The first kappa shape index (κ1) is 14.6. The van der Waals surface area contributed by atoms with Crippen LogP contribution in [0.4, 0.5) is 10.1 Å². The summed E-state index contributed by atoms with van der Waals surface area (Å²) in [5.41, 5.74) is 1.05. The van der Waals surface area contributed by atoms with Crippen LogP contribution < -0.4 is 5.32 Å². The maximum absolute atomic E-state index is 13.0. The topological polar surface area (TPSA) is 75.3 Å². The number of methoxy groups -OCH3 is 1. The molecule has 0 aliphatic rings. The summed E-state index contributed by atoms with van der Waals surface area (Å²) in [6.07, 6.45) is 0. The van der Waals surface area contributed by atoms with Crippen LogP contribution in [0.15, 0.2) is 28.7 Å². The minimum atomic E-state index is -0.473. The summed E-state index contributed by atoms with van der Waals surface area (Å²) in [6, 6.07) is 7.37. The Labute approximate surface area is 120 Å². The first-order chi connectivity index (χ1) is 10.0. The number of halogens is 1. The molecule has 21 heavy (non-hydrogen) atoms. The molecule has 0 bridgehead atoms. The number of carbonyl (C=O) groups is 1. The smallest absolute Gasteiger partial charge is 0.341 e. The lowest BCUT2D eigenvalue weighted by molar-refractivity contribution is 0.0599. The molecular weight excluding hydrogens is 275 g/mol. The SMILES string of the molecule is COC(=O)c1cc(CNc2ccc(F)cc2C#N)oc1C. The van der Waals surface area contributed by atoms with Gasteiger partial charge in [0.15, 0.2) is 0 Å². The summed E-state index contributed by atoms with van der Waals surface area (Å²) in [6.45, 7) is 1.92. The number of nitrogens with zero attached hydrogens (tertiary/aromatic N) is 1. The number of nitriles is 1. The summed E-state index contributed by atoms with van der Waals surface area (Å²) < 4.78 is 23.1. The first-order valence-electron chi connectivity index (χ1n) is 6.16. The molecule has 0 saturated carbocycles. The quantitative estimate of drug-likeness (QED) is 0.875. The lowest BCUT2D eigenvalue weighted by atomic mass is 10.2. The zero-order valence-corrected chi connectivity index (χ0v) is 11.6. The highest BCUT2D eigenvalue weighted by Gasteiger charge is 2.15. The van der Waals surface area contributed by atoms with E-state index < -0.39 is 11.8 Å². The number of rotatable bonds is 4. The molecule has 0 spiro atoms. The molecule has 0 unspecified atom stereocenters. The van der Waals surface area contributed by atoms with Gasteiger partial charge in [0.05, 0.1) is 24.9 Å². The van der Waals surface area contributed by atoms with Gasteiger partial charge in [-0.05, 0) is 31.2 Å². The van der Waals surface area contributed by atoms with Gasteiger partial charge in [0, 0.05) is 0 Å². The summed E-state index contributed by atoms with van der Waals surface area (Å²) in [5.74, 6) is 0.0281. The number of carbonyl (C=O) groups excluding carboxylic acids is 1. The van der Waals surface area contributed by atoms with Gasteiger partial charge in [0.2, 0.25) is 0 Å². The van der Waals surface area contributed by atoms with Crippen LogP contribution in [0, 0.1) is 24.1 Å². The van der Waals surface area contributed by atoms with Gasteiger partial charge in [-0.2, -0.15) is 5.26 Å². The fraction of sp³-hybridized carbons (Fsp3) is 0.200. The molecule has 1 aromatic heterocycles. The number of esters is 1. The maximum atomic E-state index is 13.0. The highest BCUT2D eigenvalue weighted by molar-refractivity contribution is 5.90. The van der Waals surface area contributed by atoms with Gasteiger partial charge in [-0.15, -0.1) is 0 Å². The van der Waals surface area contributed by atoms with Crippen LogP contribution in [0.3, 0.4) is 0 Å². The Hall–Kier alpha value is -2.81.